The van der Waals surface area contributed by atoms with E-state index in [2.05, 4.69) is 25.5 Å². The molecule has 4 heterocycles. The lowest BCUT2D eigenvalue weighted by atomic mass is 9.82. The van der Waals surface area contributed by atoms with Gasteiger partial charge in [0.15, 0.2) is 17.4 Å². The third-order valence-electron chi connectivity index (χ3n) is 6.89. The summed E-state index contributed by atoms with van der Waals surface area (Å²) in [6.45, 7) is 3.76. The molecule has 2 bridgehead atoms. The van der Waals surface area contributed by atoms with Crippen LogP contribution >= 0.6 is 0 Å². The molecule has 3 fully saturated rings. The highest BCUT2D eigenvalue weighted by molar-refractivity contribution is 5.88. The number of halogens is 2. The summed E-state index contributed by atoms with van der Waals surface area (Å²) in [6, 6.07) is 7.67. The van der Waals surface area contributed by atoms with Gasteiger partial charge in [0.05, 0.1) is 11.2 Å². The van der Waals surface area contributed by atoms with E-state index in [1.165, 1.54) is 18.5 Å². The van der Waals surface area contributed by atoms with E-state index in [4.69, 9.17) is 9.72 Å². The first-order chi connectivity index (χ1) is 15.5. The molecular weight excluding hydrogens is 414 g/mol. The highest BCUT2D eigenvalue weighted by Crippen LogP contribution is 2.38. The summed E-state index contributed by atoms with van der Waals surface area (Å²) < 4.78 is 35.3. The highest BCUT2D eigenvalue weighted by Gasteiger charge is 2.38. The number of piperazine rings is 1. The van der Waals surface area contributed by atoms with Crippen LogP contribution in [0.5, 0.6) is 5.75 Å². The molecule has 6 rings (SSSR count). The molecule has 0 amide bonds. The van der Waals surface area contributed by atoms with Crippen LogP contribution in [0.1, 0.15) is 32.6 Å². The van der Waals surface area contributed by atoms with Crippen LogP contribution in [0.25, 0.3) is 11.0 Å². The van der Waals surface area contributed by atoms with E-state index in [0.29, 0.717) is 28.9 Å². The first-order valence-corrected chi connectivity index (χ1v) is 11.0. The quantitative estimate of drug-likeness (QED) is 0.625. The van der Waals surface area contributed by atoms with E-state index < -0.39 is 17.2 Å². The van der Waals surface area contributed by atoms with Crippen LogP contribution in [0.15, 0.2) is 30.6 Å². The number of rotatable bonds is 5. The number of fused-ring (bicyclic) bond motifs is 3. The van der Waals surface area contributed by atoms with Crippen molar-refractivity contribution in [2.75, 3.05) is 23.3 Å². The number of hydrogen-bond acceptors (Lipinski definition) is 7. The Kier molecular flexibility index (Phi) is 4.43. The van der Waals surface area contributed by atoms with Gasteiger partial charge in [-0.3, -0.25) is 0 Å². The third-order valence-corrected chi connectivity index (χ3v) is 6.89. The van der Waals surface area contributed by atoms with Crippen molar-refractivity contribution in [1.82, 2.24) is 20.3 Å². The summed E-state index contributed by atoms with van der Waals surface area (Å²) in [7, 11) is 0. The number of hydrogen-bond donors (Lipinski definition) is 2. The normalized spacial score (nSPS) is 23.4. The molecule has 0 radical (unpaired) electrons. The summed E-state index contributed by atoms with van der Waals surface area (Å²) in [5, 5.41) is 6.39. The number of benzene rings is 1. The average Bonchev–Trinajstić information content (AvgIpc) is 3.41. The number of ether oxygens (including phenoxy) is 1. The Hall–Kier alpha value is -3.07. The SMILES string of the molecule is CC1(Oc2ccc(Nc3ncnc4ccc(N5C[C@@H]6C[C@H]5CN6)nc34)c(F)c2F)CCC1. The van der Waals surface area contributed by atoms with Crippen LogP contribution in [0, 0.1) is 11.6 Å². The van der Waals surface area contributed by atoms with Gasteiger partial charge in [0.1, 0.15) is 23.3 Å². The first kappa shape index (κ1) is 19.6. The molecule has 2 saturated heterocycles. The molecule has 2 N–H and O–H groups in total. The predicted molar refractivity (Wildman–Crippen MR) is 117 cm³/mol. The molecule has 0 spiro atoms. The number of anilines is 3. The molecule has 0 unspecified atom stereocenters. The largest absolute Gasteiger partial charge is 0.484 e. The standard InChI is InChI=1S/C23H24F2N6O/c1-23(7-2-8-23)32-17-5-3-15(19(24)20(17)25)29-22-21-16(27-12-28-22)4-6-18(30-21)31-11-13-9-14(31)10-26-13/h3-6,12-14,26H,2,7-11H2,1H3,(H,27,28,29)/t13-,14-/m0/s1. The third kappa shape index (κ3) is 3.23. The fourth-order valence-corrected chi connectivity index (χ4v) is 4.90. The van der Waals surface area contributed by atoms with Crippen molar-refractivity contribution >= 4 is 28.4 Å². The smallest absolute Gasteiger partial charge is 0.202 e. The van der Waals surface area contributed by atoms with Crippen molar-refractivity contribution in [3.05, 3.63) is 42.2 Å². The first-order valence-electron chi connectivity index (χ1n) is 11.0. The monoisotopic (exact) mass is 438 g/mol. The predicted octanol–water partition coefficient (Wildman–Crippen LogP) is 3.92. The summed E-state index contributed by atoms with van der Waals surface area (Å²) in [5.74, 6) is -0.904. The van der Waals surface area contributed by atoms with Crippen LogP contribution in [-0.4, -0.2) is 45.7 Å². The van der Waals surface area contributed by atoms with Crippen LogP contribution in [0.4, 0.5) is 26.1 Å². The van der Waals surface area contributed by atoms with E-state index >= 15 is 0 Å². The lowest BCUT2D eigenvalue weighted by Crippen LogP contribution is -2.44. The Morgan fingerprint density at radius 2 is 2.03 bits per heavy atom. The molecule has 1 aliphatic carbocycles. The molecule has 7 nitrogen and oxygen atoms in total. The topological polar surface area (TPSA) is 75.2 Å². The Labute approximate surface area is 184 Å². The van der Waals surface area contributed by atoms with Crippen molar-refractivity contribution in [2.45, 2.75) is 50.3 Å². The number of aromatic nitrogens is 3. The van der Waals surface area contributed by atoms with Gasteiger partial charge in [-0.2, -0.15) is 4.39 Å². The maximum atomic E-state index is 14.9. The summed E-state index contributed by atoms with van der Waals surface area (Å²) in [6.07, 6.45) is 5.20. The number of nitrogens with one attached hydrogen (secondary N) is 2. The molecule has 3 aromatic rings. The van der Waals surface area contributed by atoms with E-state index in [-0.39, 0.29) is 11.4 Å². The molecule has 1 saturated carbocycles. The molecule has 9 heteroatoms. The molecule has 2 aromatic heterocycles. The Morgan fingerprint density at radius 1 is 1.16 bits per heavy atom. The van der Waals surface area contributed by atoms with Crippen LogP contribution < -0.4 is 20.3 Å². The van der Waals surface area contributed by atoms with E-state index in [1.54, 1.807) is 0 Å². The summed E-state index contributed by atoms with van der Waals surface area (Å²) in [4.78, 5) is 15.6. The maximum Gasteiger partial charge on any atom is 0.202 e. The molecule has 166 valence electrons. The van der Waals surface area contributed by atoms with Gasteiger partial charge in [-0.25, -0.2) is 19.3 Å². The minimum Gasteiger partial charge on any atom is -0.484 e. The van der Waals surface area contributed by atoms with Gasteiger partial charge in [-0.1, -0.05) is 0 Å². The molecule has 3 aliphatic rings. The van der Waals surface area contributed by atoms with Crippen molar-refractivity contribution in [3.63, 3.8) is 0 Å². The van der Waals surface area contributed by atoms with Gasteiger partial charge in [-0.15, -0.1) is 0 Å². The van der Waals surface area contributed by atoms with Crippen LogP contribution in [0.2, 0.25) is 0 Å². The molecular formula is C23H24F2N6O. The van der Waals surface area contributed by atoms with Gasteiger partial charge in [0.2, 0.25) is 5.82 Å². The molecule has 1 aromatic carbocycles. The minimum absolute atomic E-state index is 0.0229. The van der Waals surface area contributed by atoms with Gasteiger partial charge in [0, 0.05) is 25.2 Å². The zero-order chi connectivity index (χ0) is 21.9. The van der Waals surface area contributed by atoms with Gasteiger partial charge < -0.3 is 20.3 Å². The van der Waals surface area contributed by atoms with Crippen molar-refractivity contribution in [2.24, 2.45) is 0 Å². The van der Waals surface area contributed by atoms with Gasteiger partial charge in [-0.05, 0) is 56.9 Å². The van der Waals surface area contributed by atoms with E-state index in [1.807, 2.05) is 19.1 Å². The second-order valence-corrected chi connectivity index (χ2v) is 9.18. The van der Waals surface area contributed by atoms with Crippen LogP contribution in [-0.2, 0) is 0 Å². The summed E-state index contributed by atoms with van der Waals surface area (Å²) >= 11 is 0. The number of nitrogens with zero attached hydrogens (tertiary/aromatic N) is 4. The average molecular weight is 438 g/mol. The lowest BCUT2D eigenvalue weighted by Gasteiger charge is -2.38. The molecule has 2 aliphatic heterocycles. The second-order valence-electron chi connectivity index (χ2n) is 9.18. The molecule has 2 atom stereocenters. The van der Waals surface area contributed by atoms with Crippen molar-refractivity contribution in [1.29, 1.82) is 0 Å². The van der Waals surface area contributed by atoms with E-state index in [0.717, 1.165) is 44.6 Å². The van der Waals surface area contributed by atoms with E-state index in [9.17, 15) is 8.78 Å². The Morgan fingerprint density at radius 3 is 2.75 bits per heavy atom. The number of pyridine rings is 1. The zero-order valence-electron chi connectivity index (χ0n) is 17.7. The van der Waals surface area contributed by atoms with Crippen LogP contribution in [0.3, 0.4) is 0 Å². The van der Waals surface area contributed by atoms with Crippen molar-refractivity contribution < 1.29 is 13.5 Å². The Bertz CT molecular complexity index is 1200. The van der Waals surface area contributed by atoms with Gasteiger partial charge >= 0.3 is 0 Å². The molecule has 32 heavy (non-hydrogen) atoms. The van der Waals surface area contributed by atoms with Gasteiger partial charge in [0.25, 0.3) is 0 Å². The second kappa shape index (κ2) is 7.23. The fraction of sp³-hybridized carbons (Fsp3) is 0.435. The highest BCUT2D eigenvalue weighted by atomic mass is 19.2. The lowest BCUT2D eigenvalue weighted by molar-refractivity contribution is 0.00743. The Balaban J connectivity index is 1.31. The van der Waals surface area contributed by atoms with Crippen molar-refractivity contribution in [3.8, 4) is 5.75 Å². The minimum atomic E-state index is -1.00. The zero-order valence-corrected chi connectivity index (χ0v) is 17.7. The maximum absolute atomic E-state index is 14.9. The fourth-order valence-electron chi connectivity index (χ4n) is 4.90. The summed E-state index contributed by atoms with van der Waals surface area (Å²) in [5.41, 5.74) is 0.705.